The normalized spacial score (nSPS) is 25.9. The molecule has 4 saturated carbocycles. The molecule has 8 rings (SSSR count). The van der Waals surface area contributed by atoms with E-state index in [1.165, 1.54) is 62.3 Å². The van der Waals surface area contributed by atoms with Gasteiger partial charge in [0, 0.05) is 12.1 Å². The van der Waals surface area contributed by atoms with Gasteiger partial charge in [0.1, 0.15) is 12.2 Å². The van der Waals surface area contributed by atoms with Crippen LogP contribution in [0.5, 0.6) is 11.5 Å². The molecule has 1 saturated heterocycles. The monoisotopic (exact) mass is 621 g/mol. The summed E-state index contributed by atoms with van der Waals surface area (Å²) in [5, 5.41) is 13.2. The minimum absolute atomic E-state index is 0.00718. The summed E-state index contributed by atoms with van der Waals surface area (Å²) in [5.41, 5.74) is 2.96. The predicted octanol–water partition coefficient (Wildman–Crippen LogP) is 6.71. The predicted molar refractivity (Wildman–Crippen MR) is 170 cm³/mol. The number of anilines is 1. The summed E-state index contributed by atoms with van der Waals surface area (Å²) in [7, 11) is 0. The fraction of sp³-hybridized carbons (Fsp3) is 0.361. The van der Waals surface area contributed by atoms with E-state index in [0.29, 0.717) is 29.4 Å². The molecule has 3 aromatic carbocycles. The first-order chi connectivity index (χ1) is 22.2. The van der Waals surface area contributed by atoms with Crippen molar-refractivity contribution in [3.63, 3.8) is 0 Å². The van der Waals surface area contributed by atoms with E-state index >= 15 is 0 Å². The van der Waals surface area contributed by atoms with Crippen molar-refractivity contribution in [2.45, 2.75) is 57.5 Å². The van der Waals surface area contributed by atoms with Crippen molar-refractivity contribution in [3.8, 4) is 11.5 Å². The number of hydrogen-bond acceptors (Lipinski definition) is 7. The van der Waals surface area contributed by atoms with Gasteiger partial charge in [0.15, 0.2) is 11.5 Å². The average Bonchev–Trinajstić information content (AvgIpc) is 3.02. The Morgan fingerprint density at radius 3 is 2.15 bits per heavy atom. The van der Waals surface area contributed by atoms with Crippen molar-refractivity contribution in [1.29, 1.82) is 0 Å². The van der Waals surface area contributed by atoms with E-state index in [1.807, 2.05) is 19.1 Å². The summed E-state index contributed by atoms with van der Waals surface area (Å²) in [5.74, 6) is 1.77. The molecular formula is C36H35N3O7. The van der Waals surface area contributed by atoms with E-state index < -0.39 is 22.8 Å². The minimum atomic E-state index is -0.778. The fourth-order valence-electron chi connectivity index (χ4n) is 8.36. The van der Waals surface area contributed by atoms with Gasteiger partial charge in [-0.05, 0) is 128 Å². The van der Waals surface area contributed by atoms with Crippen molar-refractivity contribution in [2.24, 2.45) is 17.8 Å². The summed E-state index contributed by atoms with van der Waals surface area (Å²) >= 11 is 0. The highest BCUT2D eigenvalue weighted by atomic mass is 16.6. The number of nitro groups is 1. The van der Waals surface area contributed by atoms with E-state index in [-0.39, 0.29) is 23.3 Å². The molecule has 0 aromatic heterocycles. The lowest BCUT2D eigenvalue weighted by Crippen LogP contribution is -2.54. The van der Waals surface area contributed by atoms with Crippen LogP contribution in [0.4, 0.5) is 16.2 Å². The van der Waals surface area contributed by atoms with E-state index in [9.17, 15) is 24.5 Å². The summed E-state index contributed by atoms with van der Waals surface area (Å²) < 4.78 is 11.7. The maximum atomic E-state index is 13.6. The van der Waals surface area contributed by atoms with Crippen LogP contribution in [-0.4, -0.2) is 29.4 Å². The zero-order valence-corrected chi connectivity index (χ0v) is 25.6. The quantitative estimate of drug-likeness (QED) is 0.122. The second-order valence-corrected chi connectivity index (χ2v) is 13.1. The van der Waals surface area contributed by atoms with Crippen LogP contribution in [0.25, 0.3) is 6.08 Å². The van der Waals surface area contributed by atoms with E-state index in [1.54, 1.807) is 30.3 Å². The molecule has 0 radical (unpaired) electrons. The highest BCUT2D eigenvalue weighted by molar-refractivity contribution is 6.39. The molecule has 10 nitrogen and oxygen atoms in total. The van der Waals surface area contributed by atoms with Crippen LogP contribution >= 0.6 is 0 Å². The van der Waals surface area contributed by atoms with Crippen LogP contribution in [0, 0.1) is 27.9 Å². The van der Waals surface area contributed by atoms with Gasteiger partial charge in [-0.3, -0.25) is 25.0 Å². The topological polar surface area (TPSA) is 128 Å². The van der Waals surface area contributed by atoms with Gasteiger partial charge in [0.25, 0.3) is 17.5 Å². The number of nitro benzene ring substituents is 1. The van der Waals surface area contributed by atoms with Gasteiger partial charge in [0.05, 0.1) is 17.2 Å². The lowest BCUT2D eigenvalue weighted by molar-refractivity contribution is -0.384. The van der Waals surface area contributed by atoms with Crippen molar-refractivity contribution >= 4 is 35.3 Å². The molecule has 0 atom stereocenters. The first-order valence-electron chi connectivity index (χ1n) is 15.9. The molecule has 4 aliphatic carbocycles. The van der Waals surface area contributed by atoms with Gasteiger partial charge in [-0.25, -0.2) is 9.69 Å². The second-order valence-electron chi connectivity index (χ2n) is 13.1. The highest BCUT2D eigenvalue weighted by Crippen LogP contribution is 2.60. The number of barbiturate groups is 1. The van der Waals surface area contributed by atoms with Crippen LogP contribution in [-0.2, 0) is 21.6 Å². The molecule has 0 spiro atoms. The standard InChI is InChI=1S/C36H35N3O7/c1-2-45-32-17-23(5-12-31(32)46-21-22-3-8-29(9-4-22)39(43)44)16-30-33(40)37-35(42)38(34(30)41)28-10-6-27(7-11-28)36-18-24-13-25(19-36)15-26(14-24)20-36/h3-12,16-17,24-26H,2,13-15,18-21H2,1H3,(H,37,40,42)/b30-16+. The third-order valence-electron chi connectivity index (χ3n) is 10.00. The summed E-state index contributed by atoms with van der Waals surface area (Å²) in [6.45, 7) is 2.31. The Balaban J connectivity index is 1.10. The van der Waals surface area contributed by atoms with Gasteiger partial charge < -0.3 is 9.47 Å². The van der Waals surface area contributed by atoms with Gasteiger partial charge >= 0.3 is 6.03 Å². The minimum Gasteiger partial charge on any atom is -0.490 e. The third-order valence-corrected chi connectivity index (χ3v) is 10.00. The largest absolute Gasteiger partial charge is 0.490 e. The number of nitrogens with zero attached hydrogens (tertiary/aromatic N) is 2. The summed E-state index contributed by atoms with van der Waals surface area (Å²) in [4.78, 5) is 50.9. The number of hydrogen-bond donors (Lipinski definition) is 1. The van der Waals surface area contributed by atoms with Crippen molar-refractivity contribution < 1.29 is 28.8 Å². The van der Waals surface area contributed by atoms with Gasteiger partial charge in [-0.2, -0.15) is 0 Å². The molecule has 46 heavy (non-hydrogen) atoms. The molecule has 4 bridgehead atoms. The molecule has 1 N–H and O–H groups in total. The van der Waals surface area contributed by atoms with E-state index in [4.69, 9.17) is 9.47 Å². The Hall–Kier alpha value is -4.99. The Morgan fingerprint density at radius 1 is 0.891 bits per heavy atom. The van der Waals surface area contributed by atoms with Crippen LogP contribution < -0.4 is 19.7 Å². The first-order valence-corrected chi connectivity index (χ1v) is 15.9. The van der Waals surface area contributed by atoms with Crippen molar-refractivity contribution in [1.82, 2.24) is 5.32 Å². The number of urea groups is 1. The molecular weight excluding hydrogens is 586 g/mol. The van der Waals surface area contributed by atoms with E-state index in [0.717, 1.165) is 28.2 Å². The molecule has 236 valence electrons. The molecule has 1 heterocycles. The fourth-order valence-corrected chi connectivity index (χ4v) is 8.36. The highest BCUT2D eigenvalue weighted by Gasteiger charge is 2.51. The van der Waals surface area contributed by atoms with Gasteiger partial charge in [-0.15, -0.1) is 0 Å². The van der Waals surface area contributed by atoms with Crippen LogP contribution in [0.15, 0.2) is 72.3 Å². The van der Waals surface area contributed by atoms with Crippen molar-refractivity contribution in [3.05, 3.63) is 99.1 Å². The smallest absolute Gasteiger partial charge is 0.335 e. The molecule has 10 heteroatoms. The maximum Gasteiger partial charge on any atom is 0.335 e. The Labute approximate surface area is 266 Å². The zero-order valence-electron chi connectivity index (χ0n) is 25.6. The first kappa shape index (κ1) is 29.7. The second kappa shape index (κ2) is 11.7. The molecule has 1 aliphatic heterocycles. The number of ether oxygens (including phenoxy) is 2. The zero-order chi connectivity index (χ0) is 32.0. The molecule has 5 fully saturated rings. The Morgan fingerprint density at radius 2 is 1.54 bits per heavy atom. The number of amides is 4. The Bertz CT molecular complexity index is 1710. The van der Waals surface area contributed by atoms with Gasteiger partial charge in [-0.1, -0.05) is 18.2 Å². The van der Waals surface area contributed by atoms with E-state index in [2.05, 4.69) is 17.4 Å². The lowest BCUT2D eigenvalue weighted by Gasteiger charge is -2.57. The number of carbonyl (C=O) groups is 3. The van der Waals surface area contributed by atoms with Crippen LogP contribution in [0.3, 0.4) is 0 Å². The van der Waals surface area contributed by atoms with Crippen LogP contribution in [0.2, 0.25) is 0 Å². The number of carbonyl (C=O) groups excluding carboxylic acids is 3. The van der Waals surface area contributed by atoms with Crippen molar-refractivity contribution in [2.75, 3.05) is 11.5 Å². The van der Waals surface area contributed by atoms with Gasteiger partial charge in [0.2, 0.25) is 0 Å². The number of imide groups is 2. The Kier molecular flexibility index (Phi) is 7.58. The molecule has 5 aliphatic rings. The summed E-state index contributed by atoms with van der Waals surface area (Å²) in [6.07, 6.45) is 9.14. The number of rotatable bonds is 9. The lowest BCUT2D eigenvalue weighted by atomic mass is 9.48. The third kappa shape index (κ3) is 5.52. The number of nitrogens with one attached hydrogen (secondary N) is 1. The number of benzene rings is 3. The van der Waals surface area contributed by atoms with Crippen LogP contribution in [0.1, 0.15) is 62.1 Å². The molecule has 4 amide bonds. The SMILES string of the molecule is CCOc1cc(/C=C2\C(=O)NC(=O)N(c3ccc(C45CC6CC(CC(C6)C4)C5)cc3)C2=O)ccc1OCc1ccc([N+](=O)[O-])cc1. The molecule has 3 aromatic rings. The maximum absolute atomic E-state index is 13.6. The number of non-ortho nitro benzene ring substituents is 1. The molecule has 0 unspecified atom stereocenters. The average molecular weight is 622 g/mol. The summed E-state index contributed by atoms with van der Waals surface area (Å²) in [6, 6.07) is 18.1.